The van der Waals surface area contributed by atoms with Gasteiger partial charge in [0.1, 0.15) is 0 Å². The first-order chi connectivity index (χ1) is 9.65. The Bertz CT molecular complexity index is 568. The van der Waals surface area contributed by atoms with Crippen molar-refractivity contribution in [2.75, 3.05) is 19.6 Å². The van der Waals surface area contributed by atoms with E-state index in [1.807, 2.05) is 18.2 Å². The van der Waals surface area contributed by atoms with Crippen LogP contribution in [-0.2, 0) is 23.2 Å². The average molecular weight is 295 g/mol. The van der Waals surface area contributed by atoms with E-state index in [1.54, 1.807) is 4.31 Å². The number of fused-ring (bicyclic) bond motifs is 1. The molecule has 0 spiro atoms. The van der Waals surface area contributed by atoms with Crippen LogP contribution in [0.15, 0.2) is 24.3 Å². The molecule has 6 heteroatoms. The van der Waals surface area contributed by atoms with Crippen molar-refractivity contribution in [3.05, 3.63) is 35.4 Å². The van der Waals surface area contributed by atoms with Crippen molar-refractivity contribution in [2.24, 2.45) is 0 Å². The summed E-state index contributed by atoms with van der Waals surface area (Å²) in [6, 6.07) is 8.09. The predicted molar refractivity (Wildman–Crippen MR) is 78.5 cm³/mol. The lowest BCUT2D eigenvalue weighted by Gasteiger charge is -2.31. The van der Waals surface area contributed by atoms with Crippen molar-refractivity contribution in [2.45, 2.75) is 31.8 Å². The molecule has 2 aliphatic heterocycles. The fourth-order valence-corrected chi connectivity index (χ4v) is 4.32. The molecule has 1 aromatic carbocycles. The second kappa shape index (κ2) is 5.81. The Labute approximate surface area is 120 Å². The standard InChI is InChI=1S/C14H21N3O2S/c18-20(19,16-14-6-3-8-15-10-14)17-9-7-12-4-1-2-5-13(12)11-17/h1-2,4-5,14-16H,3,6-11H2/t14-/m0/s1. The summed E-state index contributed by atoms with van der Waals surface area (Å²) in [4.78, 5) is 0. The van der Waals surface area contributed by atoms with Crippen LogP contribution in [0.2, 0.25) is 0 Å². The Balaban J connectivity index is 1.69. The minimum absolute atomic E-state index is 0.0194. The highest BCUT2D eigenvalue weighted by molar-refractivity contribution is 7.87. The van der Waals surface area contributed by atoms with Gasteiger partial charge in [0.25, 0.3) is 10.2 Å². The number of hydrogen-bond donors (Lipinski definition) is 2. The number of hydrogen-bond acceptors (Lipinski definition) is 3. The molecule has 110 valence electrons. The summed E-state index contributed by atoms with van der Waals surface area (Å²) in [7, 11) is -3.38. The van der Waals surface area contributed by atoms with Gasteiger partial charge in [0.05, 0.1) is 0 Å². The van der Waals surface area contributed by atoms with Gasteiger partial charge >= 0.3 is 0 Å². The van der Waals surface area contributed by atoms with Crippen molar-refractivity contribution in [1.82, 2.24) is 14.3 Å². The van der Waals surface area contributed by atoms with E-state index in [-0.39, 0.29) is 6.04 Å². The monoisotopic (exact) mass is 295 g/mol. The van der Waals surface area contributed by atoms with Crippen LogP contribution in [-0.4, -0.2) is 38.4 Å². The first-order valence-electron chi connectivity index (χ1n) is 7.20. The highest BCUT2D eigenvalue weighted by Crippen LogP contribution is 2.20. The minimum Gasteiger partial charge on any atom is -0.315 e. The van der Waals surface area contributed by atoms with Crippen LogP contribution in [0.25, 0.3) is 0 Å². The minimum atomic E-state index is -3.38. The average Bonchev–Trinajstić information content (AvgIpc) is 2.47. The molecule has 20 heavy (non-hydrogen) atoms. The maximum atomic E-state index is 12.5. The molecule has 5 nitrogen and oxygen atoms in total. The lowest BCUT2D eigenvalue weighted by atomic mass is 10.0. The molecular formula is C14H21N3O2S. The Morgan fingerprint density at radius 2 is 2.05 bits per heavy atom. The fraction of sp³-hybridized carbons (Fsp3) is 0.571. The SMILES string of the molecule is O=S(=O)(N[C@H]1CCCNC1)N1CCc2ccccc2C1. The molecule has 0 saturated carbocycles. The maximum Gasteiger partial charge on any atom is 0.280 e. The fourth-order valence-electron chi connectivity index (χ4n) is 2.91. The van der Waals surface area contributed by atoms with Gasteiger partial charge in [-0.3, -0.25) is 0 Å². The Morgan fingerprint density at radius 1 is 1.25 bits per heavy atom. The van der Waals surface area contributed by atoms with Gasteiger partial charge in [-0.2, -0.15) is 17.4 Å². The second-order valence-electron chi connectivity index (χ2n) is 5.52. The third kappa shape index (κ3) is 3.03. The van der Waals surface area contributed by atoms with E-state index in [9.17, 15) is 8.42 Å². The van der Waals surface area contributed by atoms with E-state index in [0.717, 1.165) is 37.9 Å². The van der Waals surface area contributed by atoms with Crippen molar-refractivity contribution in [3.63, 3.8) is 0 Å². The molecule has 2 aliphatic rings. The summed E-state index contributed by atoms with van der Waals surface area (Å²) in [5.74, 6) is 0. The van der Waals surface area contributed by atoms with Crippen molar-refractivity contribution >= 4 is 10.2 Å². The molecule has 0 unspecified atom stereocenters. The number of piperidine rings is 1. The topological polar surface area (TPSA) is 61.4 Å². The quantitative estimate of drug-likeness (QED) is 0.860. The second-order valence-corrected chi connectivity index (χ2v) is 7.22. The Hall–Kier alpha value is -0.950. The van der Waals surface area contributed by atoms with E-state index in [2.05, 4.69) is 16.1 Å². The van der Waals surface area contributed by atoms with Gasteiger partial charge in [0.15, 0.2) is 0 Å². The summed E-state index contributed by atoms with van der Waals surface area (Å²) < 4.78 is 29.3. The summed E-state index contributed by atoms with van der Waals surface area (Å²) in [5, 5.41) is 3.23. The van der Waals surface area contributed by atoms with Crippen LogP contribution in [0.1, 0.15) is 24.0 Å². The zero-order chi connectivity index (χ0) is 14.0. The largest absolute Gasteiger partial charge is 0.315 e. The molecular weight excluding hydrogens is 274 g/mol. The molecule has 0 amide bonds. The molecule has 1 aromatic rings. The smallest absolute Gasteiger partial charge is 0.280 e. The van der Waals surface area contributed by atoms with Gasteiger partial charge in [0, 0.05) is 25.7 Å². The normalized spacial score (nSPS) is 24.3. The molecule has 0 aliphatic carbocycles. The molecule has 0 aromatic heterocycles. The summed E-state index contributed by atoms with van der Waals surface area (Å²) in [6.07, 6.45) is 2.73. The first kappa shape index (κ1) is 14.0. The first-order valence-corrected chi connectivity index (χ1v) is 8.64. The molecule has 3 rings (SSSR count). The van der Waals surface area contributed by atoms with Crippen LogP contribution in [0.5, 0.6) is 0 Å². The van der Waals surface area contributed by atoms with Crippen LogP contribution in [0.4, 0.5) is 0 Å². The van der Waals surface area contributed by atoms with E-state index >= 15 is 0 Å². The predicted octanol–water partition coefficient (Wildman–Crippen LogP) is 0.631. The van der Waals surface area contributed by atoms with E-state index in [1.165, 1.54) is 5.56 Å². The third-order valence-corrected chi connectivity index (χ3v) is 5.67. The highest BCUT2D eigenvalue weighted by atomic mass is 32.2. The molecule has 0 bridgehead atoms. The number of nitrogens with zero attached hydrogens (tertiary/aromatic N) is 1. The molecule has 0 radical (unpaired) electrons. The van der Waals surface area contributed by atoms with Crippen LogP contribution in [0.3, 0.4) is 0 Å². The Kier molecular flexibility index (Phi) is 4.07. The van der Waals surface area contributed by atoms with Gasteiger partial charge < -0.3 is 5.32 Å². The van der Waals surface area contributed by atoms with Crippen molar-refractivity contribution in [1.29, 1.82) is 0 Å². The molecule has 1 saturated heterocycles. The van der Waals surface area contributed by atoms with E-state index < -0.39 is 10.2 Å². The summed E-state index contributed by atoms with van der Waals surface area (Å²) in [5.41, 5.74) is 2.38. The van der Waals surface area contributed by atoms with Crippen molar-refractivity contribution in [3.8, 4) is 0 Å². The van der Waals surface area contributed by atoms with Crippen molar-refractivity contribution < 1.29 is 8.42 Å². The molecule has 2 heterocycles. The summed E-state index contributed by atoms with van der Waals surface area (Å²) in [6.45, 7) is 2.75. The third-order valence-electron chi connectivity index (χ3n) is 4.05. The van der Waals surface area contributed by atoms with Gasteiger partial charge in [-0.15, -0.1) is 0 Å². The number of rotatable bonds is 3. The van der Waals surface area contributed by atoms with Crippen LogP contribution < -0.4 is 10.0 Å². The summed E-state index contributed by atoms with van der Waals surface area (Å²) >= 11 is 0. The number of nitrogens with one attached hydrogen (secondary N) is 2. The van der Waals surface area contributed by atoms with Gasteiger partial charge in [-0.25, -0.2) is 0 Å². The molecule has 2 N–H and O–H groups in total. The highest BCUT2D eigenvalue weighted by Gasteiger charge is 2.29. The maximum absolute atomic E-state index is 12.5. The van der Waals surface area contributed by atoms with Gasteiger partial charge in [0.2, 0.25) is 0 Å². The van der Waals surface area contributed by atoms with E-state index in [4.69, 9.17) is 0 Å². The molecule has 1 atom stereocenters. The van der Waals surface area contributed by atoms with Gasteiger partial charge in [-0.1, -0.05) is 24.3 Å². The molecule has 1 fully saturated rings. The van der Waals surface area contributed by atoms with E-state index in [0.29, 0.717) is 13.1 Å². The zero-order valence-corrected chi connectivity index (χ0v) is 12.3. The Morgan fingerprint density at radius 3 is 2.80 bits per heavy atom. The zero-order valence-electron chi connectivity index (χ0n) is 11.5. The lowest BCUT2D eigenvalue weighted by molar-refractivity contribution is 0.364. The van der Waals surface area contributed by atoms with Gasteiger partial charge in [-0.05, 0) is 36.9 Å². The van der Waals surface area contributed by atoms with Crippen LogP contribution in [0, 0.1) is 0 Å². The lowest BCUT2D eigenvalue weighted by Crippen LogP contribution is -2.51. The van der Waals surface area contributed by atoms with Crippen LogP contribution >= 0.6 is 0 Å². The number of benzene rings is 1.